The van der Waals surface area contributed by atoms with Gasteiger partial charge in [-0.2, -0.15) is 4.98 Å². The van der Waals surface area contributed by atoms with Gasteiger partial charge in [0.1, 0.15) is 0 Å². The molecule has 0 atom stereocenters. The lowest BCUT2D eigenvalue weighted by atomic mass is 10.4. The molecule has 0 aliphatic heterocycles. The summed E-state index contributed by atoms with van der Waals surface area (Å²) in [7, 11) is 1.89. The third-order valence-corrected chi connectivity index (χ3v) is 1.37. The van der Waals surface area contributed by atoms with E-state index in [9.17, 15) is 0 Å². The summed E-state index contributed by atoms with van der Waals surface area (Å²) in [5, 5.41) is 3.49. The van der Waals surface area contributed by atoms with E-state index >= 15 is 0 Å². The molecule has 0 unspecified atom stereocenters. The first-order valence-corrected chi connectivity index (χ1v) is 3.52. The SMILES string of the molecule is CN(CCCN)c1ncno1. The van der Waals surface area contributed by atoms with Crippen LogP contribution in [0.3, 0.4) is 0 Å². The van der Waals surface area contributed by atoms with Crippen molar-refractivity contribution in [3.63, 3.8) is 0 Å². The molecule has 2 N–H and O–H groups in total. The van der Waals surface area contributed by atoms with Crippen molar-refractivity contribution in [3.05, 3.63) is 6.33 Å². The van der Waals surface area contributed by atoms with Crippen LogP contribution in [0.2, 0.25) is 0 Å². The summed E-state index contributed by atoms with van der Waals surface area (Å²) in [5.41, 5.74) is 5.34. The van der Waals surface area contributed by atoms with Gasteiger partial charge in [0.15, 0.2) is 6.33 Å². The van der Waals surface area contributed by atoms with E-state index < -0.39 is 0 Å². The first kappa shape index (κ1) is 8.00. The highest BCUT2D eigenvalue weighted by Crippen LogP contribution is 2.04. The minimum Gasteiger partial charge on any atom is -0.330 e. The van der Waals surface area contributed by atoms with E-state index in [-0.39, 0.29) is 0 Å². The Morgan fingerprint density at radius 1 is 1.73 bits per heavy atom. The Kier molecular flexibility index (Phi) is 2.85. The summed E-state index contributed by atoms with van der Waals surface area (Å²) < 4.78 is 4.82. The van der Waals surface area contributed by atoms with Gasteiger partial charge in [0.05, 0.1) is 0 Å². The second kappa shape index (κ2) is 3.92. The largest absolute Gasteiger partial charge is 0.330 e. The minimum absolute atomic E-state index is 0.540. The number of aromatic nitrogens is 2. The van der Waals surface area contributed by atoms with Gasteiger partial charge in [-0.25, -0.2) is 0 Å². The maximum atomic E-state index is 5.34. The maximum absolute atomic E-state index is 5.34. The lowest BCUT2D eigenvalue weighted by Gasteiger charge is -2.11. The van der Waals surface area contributed by atoms with Crippen LogP contribution in [0.5, 0.6) is 0 Å². The van der Waals surface area contributed by atoms with E-state index in [0.29, 0.717) is 12.6 Å². The predicted molar refractivity (Wildman–Crippen MR) is 41.2 cm³/mol. The van der Waals surface area contributed by atoms with E-state index in [2.05, 4.69) is 10.1 Å². The van der Waals surface area contributed by atoms with Crippen molar-refractivity contribution < 1.29 is 4.52 Å². The molecule has 62 valence electrons. The fourth-order valence-electron chi connectivity index (χ4n) is 0.760. The average Bonchev–Trinajstić information content (AvgIpc) is 2.52. The molecule has 5 nitrogen and oxygen atoms in total. The second-order valence-corrected chi connectivity index (χ2v) is 2.29. The summed E-state index contributed by atoms with van der Waals surface area (Å²) in [5.74, 6) is 0. The van der Waals surface area contributed by atoms with E-state index in [4.69, 9.17) is 10.3 Å². The van der Waals surface area contributed by atoms with Crippen LogP contribution >= 0.6 is 0 Å². The zero-order chi connectivity index (χ0) is 8.10. The van der Waals surface area contributed by atoms with Gasteiger partial charge in [0, 0.05) is 13.6 Å². The van der Waals surface area contributed by atoms with Gasteiger partial charge in [0.2, 0.25) is 0 Å². The Bertz CT molecular complexity index is 186. The molecular weight excluding hydrogens is 144 g/mol. The highest BCUT2D eigenvalue weighted by Gasteiger charge is 2.03. The van der Waals surface area contributed by atoms with Crippen LogP contribution in [0.4, 0.5) is 6.01 Å². The van der Waals surface area contributed by atoms with Gasteiger partial charge in [-0.05, 0) is 13.0 Å². The highest BCUT2D eigenvalue weighted by atomic mass is 16.5. The van der Waals surface area contributed by atoms with E-state index in [1.807, 2.05) is 11.9 Å². The van der Waals surface area contributed by atoms with Crippen molar-refractivity contribution in [3.8, 4) is 0 Å². The van der Waals surface area contributed by atoms with Crippen LogP contribution in [0.1, 0.15) is 6.42 Å². The summed E-state index contributed by atoms with van der Waals surface area (Å²) in [6.07, 6.45) is 2.31. The highest BCUT2D eigenvalue weighted by molar-refractivity contribution is 5.20. The second-order valence-electron chi connectivity index (χ2n) is 2.29. The fourth-order valence-corrected chi connectivity index (χ4v) is 0.760. The van der Waals surface area contributed by atoms with Gasteiger partial charge < -0.3 is 15.2 Å². The van der Waals surface area contributed by atoms with Crippen LogP contribution in [-0.2, 0) is 0 Å². The van der Waals surface area contributed by atoms with Crippen molar-refractivity contribution in [1.82, 2.24) is 10.1 Å². The average molecular weight is 156 g/mol. The molecule has 1 rings (SSSR count). The molecule has 0 bridgehead atoms. The quantitative estimate of drug-likeness (QED) is 0.656. The number of nitrogens with zero attached hydrogens (tertiary/aromatic N) is 3. The first-order chi connectivity index (χ1) is 5.34. The molecule has 0 aliphatic carbocycles. The molecule has 0 radical (unpaired) electrons. The van der Waals surface area contributed by atoms with Crippen molar-refractivity contribution in [1.29, 1.82) is 0 Å². The van der Waals surface area contributed by atoms with E-state index in [1.54, 1.807) is 0 Å². The molecule has 1 heterocycles. The summed E-state index contributed by atoms with van der Waals surface area (Å²) in [6.45, 7) is 1.52. The van der Waals surface area contributed by atoms with Gasteiger partial charge >= 0.3 is 6.01 Å². The van der Waals surface area contributed by atoms with Crippen LogP contribution in [0.15, 0.2) is 10.9 Å². The molecule has 0 saturated heterocycles. The van der Waals surface area contributed by atoms with Crippen molar-refractivity contribution >= 4 is 6.01 Å². The van der Waals surface area contributed by atoms with Crippen LogP contribution in [-0.4, -0.2) is 30.3 Å². The van der Waals surface area contributed by atoms with Crippen molar-refractivity contribution in [2.75, 3.05) is 25.0 Å². The number of rotatable bonds is 4. The Morgan fingerprint density at radius 2 is 2.55 bits per heavy atom. The number of hydrogen-bond acceptors (Lipinski definition) is 5. The summed E-state index contributed by atoms with van der Waals surface area (Å²) in [4.78, 5) is 5.75. The number of nitrogens with two attached hydrogens (primary N) is 1. The van der Waals surface area contributed by atoms with Gasteiger partial charge in [-0.1, -0.05) is 5.16 Å². The van der Waals surface area contributed by atoms with Crippen LogP contribution in [0, 0.1) is 0 Å². The van der Waals surface area contributed by atoms with Crippen molar-refractivity contribution in [2.45, 2.75) is 6.42 Å². The normalized spacial score (nSPS) is 10.0. The molecule has 0 aliphatic rings. The van der Waals surface area contributed by atoms with Gasteiger partial charge in [0.25, 0.3) is 0 Å². The number of hydrogen-bond donors (Lipinski definition) is 1. The molecule has 0 spiro atoms. The molecule has 1 aromatic rings. The molecule has 11 heavy (non-hydrogen) atoms. The van der Waals surface area contributed by atoms with E-state index in [1.165, 1.54) is 6.33 Å². The zero-order valence-corrected chi connectivity index (χ0v) is 6.53. The molecular formula is C6H12N4O. The Morgan fingerprint density at radius 3 is 3.09 bits per heavy atom. The van der Waals surface area contributed by atoms with Gasteiger partial charge in [-0.3, -0.25) is 0 Å². The van der Waals surface area contributed by atoms with E-state index in [0.717, 1.165) is 13.0 Å². The Labute approximate surface area is 65.2 Å². The van der Waals surface area contributed by atoms with Crippen LogP contribution < -0.4 is 10.6 Å². The third-order valence-electron chi connectivity index (χ3n) is 1.37. The third kappa shape index (κ3) is 2.19. The molecule has 0 amide bonds. The topological polar surface area (TPSA) is 68.2 Å². The first-order valence-electron chi connectivity index (χ1n) is 3.52. The Hall–Kier alpha value is -1.10. The zero-order valence-electron chi connectivity index (χ0n) is 6.53. The standard InChI is InChI=1S/C6H12N4O/c1-10(4-2-3-7)6-8-5-9-11-6/h5H,2-4,7H2,1H3. The summed E-state index contributed by atoms with van der Waals surface area (Å²) >= 11 is 0. The molecule has 0 saturated carbocycles. The van der Waals surface area contributed by atoms with Gasteiger partial charge in [-0.15, -0.1) is 0 Å². The van der Waals surface area contributed by atoms with Crippen molar-refractivity contribution in [2.24, 2.45) is 5.73 Å². The lowest BCUT2D eigenvalue weighted by Crippen LogP contribution is -2.21. The lowest BCUT2D eigenvalue weighted by molar-refractivity contribution is 0.416. The molecule has 1 aromatic heterocycles. The smallest absolute Gasteiger partial charge is 0.323 e. The maximum Gasteiger partial charge on any atom is 0.323 e. The number of anilines is 1. The van der Waals surface area contributed by atoms with Crippen LogP contribution in [0.25, 0.3) is 0 Å². The summed E-state index contributed by atoms with van der Waals surface area (Å²) in [6, 6.07) is 0.540. The fraction of sp³-hybridized carbons (Fsp3) is 0.667. The Balaban J connectivity index is 2.36. The monoisotopic (exact) mass is 156 g/mol. The molecule has 5 heteroatoms. The molecule has 0 aromatic carbocycles. The minimum atomic E-state index is 0.540. The predicted octanol–water partition coefficient (Wildman–Crippen LogP) is -0.145. The molecule has 0 fully saturated rings.